The third-order valence-corrected chi connectivity index (χ3v) is 5.55. The molecule has 1 aliphatic carbocycles. The Hall–Kier alpha value is -3.03. The lowest BCUT2D eigenvalue weighted by Crippen LogP contribution is -2.43. The first-order valence-corrected chi connectivity index (χ1v) is 9.92. The maximum Gasteiger partial charge on any atom is 0.253 e. The minimum absolute atomic E-state index is 0.0297. The average Bonchev–Trinajstić information content (AvgIpc) is 3.45. The molecule has 8 heteroatoms. The Kier molecular flexibility index (Phi) is 5.17. The zero-order valence-corrected chi connectivity index (χ0v) is 17.1. The van der Waals surface area contributed by atoms with Crippen LogP contribution in [0, 0.1) is 0 Å². The van der Waals surface area contributed by atoms with E-state index in [-0.39, 0.29) is 17.9 Å². The second-order valence-electron chi connectivity index (χ2n) is 7.96. The van der Waals surface area contributed by atoms with Crippen molar-refractivity contribution in [2.45, 2.75) is 37.9 Å². The highest BCUT2D eigenvalue weighted by molar-refractivity contribution is 5.95. The molecule has 2 aliphatic rings. The Labute approximate surface area is 170 Å². The molecule has 2 amide bonds. The van der Waals surface area contributed by atoms with E-state index in [1.54, 1.807) is 25.1 Å². The molecule has 0 radical (unpaired) electrons. The number of rotatable bonds is 6. The van der Waals surface area contributed by atoms with Gasteiger partial charge in [0.05, 0.1) is 36.7 Å². The molecule has 1 aliphatic heterocycles. The number of imidazole rings is 1. The number of aromatic nitrogens is 2. The van der Waals surface area contributed by atoms with E-state index in [1.807, 2.05) is 36.6 Å². The van der Waals surface area contributed by atoms with Crippen LogP contribution in [-0.4, -0.2) is 60.1 Å². The standard InChI is InChI=1S/C21H27N5O3/c1-24(2)21(28)14-4-7-19-18(8-14)25(3)16(12-29-19)9-20(27)23-11-17-10-22-13-26(17)15-5-6-15/h4,7-8,10,13,15-16H,5-6,9,11-12H2,1-3H3,(H,23,27). The highest BCUT2D eigenvalue weighted by Crippen LogP contribution is 2.36. The van der Waals surface area contributed by atoms with E-state index in [1.165, 1.54) is 12.8 Å². The first-order chi connectivity index (χ1) is 13.9. The van der Waals surface area contributed by atoms with E-state index in [2.05, 4.69) is 14.9 Å². The fourth-order valence-corrected chi connectivity index (χ4v) is 3.62. The van der Waals surface area contributed by atoms with Gasteiger partial charge in [0.15, 0.2) is 0 Å². The molecule has 2 heterocycles. The van der Waals surface area contributed by atoms with Crippen molar-refractivity contribution in [2.75, 3.05) is 32.6 Å². The lowest BCUT2D eigenvalue weighted by atomic mass is 10.1. The second kappa shape index (κ2) is 7.77. The average molecular weight is 397 g/mol. The van der Waals surface area contributed by atoms with Crippen LogP contribution >= 0.6 is 0 Å². The molecule has 0 spiro atoms. The summed E-state index contributed by atoms with van der Waals surface area (Å²) in [4.78, 5) is 32.6. The van der Waals surface area contributed by atoms with Crippen molar-refractivity contribution in [2.24, 2.45) is 0 Å². The summed E-state index contributed by atoms with van der Waals surface area (Å²) >= 11 is 0. The van der Waals surface area contributed by atoms with E-state index in [4.69, 9.17) is 4.74 Å². The van der Waals surface area contributed by atoms with Crippen molar-refractivity contribution < 1.29 is 14.3 Å². The minimum Gasteiger partial charge on any atom is -0.489 e. The van der Waals surface area contributed by atoms with Gasteiger partial charge in [0.25, 0.3) is 5.91 Å². The van der Waals surface area contributed by atoms with E-state index >= 15 is 0 Å². The molecule has 154 valence electrons. The first kappa shape index (κ1) is 19.3. The van der Waals surface area contributed by atoms with Crippen LogP contribution in [-0.2, 0) is 11.3 Å². The lowest BCUT2D eigenvalue weighted by Gasteiger charge is -2.35. The Morgan fingerprint density at radius 1 is 1.31 bits per heavy atom. The summed E-state index contributed by atoms with van der Waals surface area (Å²) in [6.45, 7) is 0.905. The van der Waals surface area contributed by atoms with Gasteiger partial charge in [-0.25, -0.2) is 4.98 Å². The van der Waals surface area contributed by atoms with Gasteiger partial charge in [-0.15, -0.1) is 0 Å². The molecule has 1 unspecified atom stereocenters. The molecule has 1 atom stereocenters. The number of anilines is 1. The molecule has 2 aromatic rings. The van der Waals surface area contributed by atoms with Crippen LogP contribution in [0.3, 0.4) is 0 Å². The molecule has 0 bridgehead atoms. The van der Waals surface area contributed by atoms with E-state index in [9.17, 15) is 9.59 Å². The first-order valence-electron chi connectivity index (χ1n) is 9.92. The maximum absolute atomic E-state index is 12.5. The number of carbonyl (C=O) groups is 2. The smallest absolute Gasteiger partial charge is 0.253 e. The predicted octanol–water partition coefficient (Wildman–Crippen LogP) is 1.82. The largest absolute Gasteiger partial charge is 0.489 e. The van der Waals surface area contributed by atoms with Gasteiger partial charge >= 0.3 is 0 Å². The zero-order chi connectivity index (χ0) is 20.5. The molecular formula is C21H27N5O3. The summed E-state index contributed by atoms with van der Waals surface area (Å²) in [7, 11) is 5.39. The third kappa shape index (κ3) is 4.06. The van der Waals surface area contributed by atoms with Crippen LogP contribution in [0.1, 0.15) is 41.4 Å². The normalized spacial score (nSPS) is 18.0. The number of hydrogen-bond donors (Lipinski definition) is 1. The number of nitrogens with one attached hydrogen (secondary N) is 1. The van der Waals surface area contributed by atoms with Crippen LogP contribution in [0.2, 0.25) is 0 Å². The second-order valence-corrected chi connectivity index (χ2v) is 7.96. The number of carbonyl (C=O) groups excluding carboxylic acids is 2. The van der Waals surface area contributed by atoms with E-state index in [0.717, 1.165) is 17.1 Å². The molecule has 1 saturated carbocycles. The summed E-state index contributed by atoms with van der Waals surface area (Å²) < 4.78 is 8.00. The summed E-state index contributed by atoms with van der Waals surface area (Å²) in [5, 5.41) is 3.00. The molecule has 1 fully saturated rings. The van der Waals surface area contributed by atoms with Gasteiger partial charge in [0.1, 0.15) is 12.4 Å². The molecule has 29 heavy (non-hydrogen) atoms. The Balaban J connectivity index is 1.38. The number of amides is 2. The minimum atomic E-state index is -0.0967. The number of ether oxygens (including phenoxy) is 1. The quantitative estimate of drug-likeness (QED) is 0.804. The van der Waals surface area contributed by atoms with Crippen molar-refractivity contribution in [3.63, 3.8) is 0 Å². The van der Waals surface area contributed by atoms with Crippen LogP contribution < -0.4 is 15.0 Å². The fraction of sp³-hybridized carbons (Fsp3) is 0.476. The van der Waals surface area contributed by atoms with Gasteiger partial charge in [-0.1, -0.05) is 0 Å². The third-order valence-electron chi connectivity index (χ3n) is 5.55. The van der Waals surface area contributed by atoms with Crippen LogP contribution in [0.4, 0.5) is 5.69 Å². The predicted molar refractivity (Wildman–Crippen MR) is 109 cm³/mol. The summed E-state index contributed by atoms with van der Waals surface area (Å²) in [6.07, 6.45) is 6.33. The number of fused-ring (bicyclic) bond motifs is 1. The summed E-state index contributed by atoms with van der Waals surface area (Å²) in [5.74, 6) is 0.638. The Bertz CT molecular complexity index is 919. The topological polar surface area (TPSA) is 79.7 Å². The van der Waals surface area contributed by atoms with Crippen LogP contribution in [0.5, 0.6) is 5.75 Å². The fourth-order valence-electron chi connectivity index (χ4n) is 3.62. The SMILES string of the molecule is CN(C)C(=O)c1ccc2c(c1)N(C)C(CC(=O)NCc1cncn1C1CC1)CO2. The number of benzene rings is 1. The van der Waals surface area contributed by atoms with Crippen LogP contribution in [0.15, 0.2) is 30.7 Å². The lowest BCUT2D eigenvalue weighted by molar-refractivity contribution is -0.121. The van der Waals surface area contributed by atoms with Gasteiger partial charge in [-0.05, 0) is 31.0 Å². The Morgan fingerprint density at radius 2 is 2.10 bits per heavy atom. The van der Waals surface area contributed by atoms with Crippen molar-refractivity contribution in [1.29, 1.82) is 0 Å². The molecule has 1 N–H and O–H groups in total. The zero-order valence-electron chi connectivity index (χ0n) is 17.1. The number of nitrogens with zero attached hydrogens (tertiary/aromatic N) is 4. The highest BCUT2D eigenvalue weighted by Gasteiger charge is 2.28. The van der Waals surface area contributed by atoms with Crippen molar-refractivity contribution >= 4 is 17.5 Å². The molecule has 1 aromatic carbocycles. The highest BCUT2D eigenvalue weighted by atomic mass is 16.5. The summed E-state index contributed by atoms with van der Waals surface area (Å²) in [6, 6.07) is 5.86. The van der Waals surface area contributed by atoms with Gasteiger partial charge in [0.2, 0.25) is 5.91 Å². The molecule has 1 aromatic heterocycles. The van der Waals surface area contributed by atoms with Gasteiger partial charge in [0, 0.05) is 38.9 Å². The van der Waals surface area contributed by atoms with Crippen molar-refractivity contribution in [1.82, 2.24) is 19.8 Å². The monoisotopic (exact) mass is 397 g/mol. The number of hydrogen-bond acceptors (Lipinski definition) is 5. The van der Waals surface area contributed by atoms with Gasteiger partial charge in [-0.3, -0.25) is 9.59 Å². The van der Waals surface area contributed by atoms with E-state index in [0.29, 0.717) is 31.2 Å². The van der Waals surface area contributed by atoms with E-state index < -0.39 is 0 Å². The van der Waals surface area contributed by atoms with Crippen LogP contribution in [0.25, 0.3) is 0 Å². The van der Waals surface area contributed by atoms with Crippen molar-refractivity contribution in [3.8, 4) is 5.75 Å². The summed E-state index contributed by atoms with van der Waals surface area (Å²) in [5.41, 5.74) is 2.46. The van der Waals surface area contributed by atoms with Gasteiger partial charge < -0.3 is 24.4 Å². The number of likely N-dealkylation sites (N-methyl/N-ethyl adjacent to an activating group) is 1. The molecule has 4 rings (SSSR count). The molecular weight excluding hydrogens is 370 g/mol. The maximum atomic E-state index is 12.5. The Morgan fingerprint density at radius 3 is 2.83 bits per heavy atom. The van der Waals surface area contributed by atoms with Crippen molar-refractivity contribution in [3.05, 3.63) is 42.0 Å². The molecule has 0 saturated heterocycles. The molecule has 8 nitrogen and oxygen atoms in total. The van der Waals surface area contributed by atoms with Gasteiger partial charge in [-0.2, -0.15) is 0 Å².